The minimum atomic E-state index is -0.493. The van der Waals surface area contributed by atoms with Crippen LogP contribution < -0.4 is 15.4 Å². The van der Waals surface area contributed by atoms with E-state index >= 15 is 0 Å². The average molecular weight is 283 g/mol. The SMILES string of the molecule is CCC(Oc1ccccc1Cl)C(=O)NCC1CNC1. The maximum absolute atomic E-state index is 12.0. The number of amides is 1. The second-order valence-corrected chi connectivity index (χ2v) is 5.12. The Morgan fingerprint density at radius 3 is 2.84 bits per heavy atom. The number of nitrogens with one attached hydrogen (secondary N) is 2. The van der Waals surface area contributed by atoms with Gasteiger partial charge in [-0.2, -0.15) is 0 Å². The average Bonchev–Trinajstić information content (AvgIpc) is 2.35. The molecule has 0 aromatic heterocycles. The van der Waals surface area contributed by atoms with Gasteiger partial charge in [-0.05, 0) is 18.6 Å². The Balaban J connectivity index is 1.87. The first kappa shape index (κ1) is 14.2. The first-order valence-corrected chi connectivity index (χ1v) is 6.98. The number of carbonyl (C=O) groups is 1. The van der Waals surface area contributed by atoms with Gasteiger partial charge in [-0.15, -0.1) is 0 Å². The van der Waals surface area contributed by atoms with E-state index in [1.807, 2.05) is 19.1 Å². The summed E-state index contributed by atoms with van der Waals surface area (Å²) in [5.74, 6) is 1.02. The van der Waals surface area contributed by atoms with Crippen LogP contribution in [0, 0.1) is 5.92 Å². The Bertz CT molecular complexity index is 435. The molecule has 0 saturated carbocycles. The Hall–Kier alpha value is -1.26. The van der Waals surface area contributed by atoms with Crippen molar-refractivity contribution in [2.24, 2.45) is 5.92 Å². The third kappa shape index (κ3) is 3.85. The maximum Gasteiger partial charge on any atom is 0.261 e. The summed E-state index contributed by atoms with van der Waals surface area (Å²) < 4.78 is 5.68. The Morgan fingerprint density at radius 1 is 1.53 bits per heavy atom. The van der Waals surface area contributed by atoms with Gasteiger partial charge in [0, 0.05) is 25.6 Å². The molecule has 0 bridgehead atoms. The van der Waals surface area contributed by atoms with Crippen molar-refractivity contribution in [3.8, 4) is 5.75 Å². The first-order valence-electron chi connectivity index (χ1n) is 6.60. The third-order valence-corrected chi connectivity index (χ3v) is 3.51. The summed E-state index contributed by atoms with van der Waals surface area (Å²) in [6.07, 6.45) is 0.118. The standard InChI is InChI=1S/C14H19ClN2O2/c1-2-12(14(18)17-9-10-7-16-8-10)19-13-6-4-3-5-11(13)15/h3-6,10,12,16H,2,7-9H2,1H3,(H,17,18). The number of carbonyl (C=O) groups excluding carboxylic acids is 1. The van der Waals surface area contributed by atoms with Crippen molar-refractivity contribution in [1.82, 2.24) is 10.6 Å². The van der Waals surface area contributed by atoms with Crippen molar-refractivity contribution in [3.63, 3.8) is 0 Å². The van der Waals surface area contributed by atoms with Crippen LogP contribution in [0.1, 0.15) is 13.3 Å². The van der Waals surface area contributed by atoms with Crippen molar-refractivity contribution in [2.75, 3.05) is 19.6 Å². The molecule has 1 aliphatic rings. The summed E-state index contributed by atoms with van der Waals surface area (Å²) >= 11 is 6.02. The molecule has 1 aromatic carbocycles. The number of rotatable bonds is 6. The predicted molar refractivity (Wildman–Crippen MR) is 75.5 cm³/mol. The molecule has 0 spiro atoms. The van der Waals surface area contributed by atoms with Crippen LogP contribution in [0.2, 0.25) is 5.02 Å². The van der Waals surface area contributed by atoms with Crippen LogP contribution in [-0.4, -0.2) is 31.6 Å². The molecule has 104 valence electrons. The van der Waals surface area contributed by atoms with E-state index in [1.54, 1.807) is 12.1 Å². The van der Waals surface area contributed by atoms with Gasteiger partial charge < -0.3 is 15.4 Å². The lowest BCUT2D eigenvalue weighted by molar-refractivity contribution is -0.128. The topological polar surface area (TPSA) is 50.4 Å². The quantitative estimate of drug-likeness (QED) is 0.837. The molecule has 1 aromatic rings. The zero-order valence-corrected chi connectivity index (χ0v) is 11.7. The van der Waals surface area contributed by atoms with E-state index < -0.39 is 6.10 Å². The largest absolute Gasteiger partial charge is 0.479 e. The molecule has 1 saturated heterocycles. The van der Waals surface area contributed by atoms with Crippen LogP contribution in [0.5, 0.6) is 5.75 Å². The molecule has 1 amide bonds. The van der Waals surface area contributed by atoms with Crippen LogP contribution >= 0.6 is 11.6 Å². The molecule has 4 nitrogen and oxygen atoms in total. The fourth-order valence-corrected chi connectivity index (χ4v) is 2.05. The lowest BCUT2D eigenvalue weighted by Gasteiger charge is -2.28. The van der Waals surface area contributed by atoms with E-state index in [-0.39, 0.29) is 5.91 Å². The highest BCUT2D eigenvalue weighted by atomic mass is 35.5. The van der Waals surface area contributed by atoms with Gasteiger partial charge in [0.1, 0.15) is 5.75 Å². The van der Waals surface area contributed by atoms with Gasteiger partial charge in [-0.25, -0.2) is 0 Å². The second-order valence-electron chi connectivity index (χ2n) is 4.71. The number of benzene rings is 1. The highest BCUT2D eigenvalue weighted by Gasteiger charge is 2.22. The van der Waals surface area contributed by atoms with E-state index in [0.29, 0.717) is 29.7 Å². The van der Waals surface area contributed by atoms with Crippen LogP contribution in [0.4, 0.5) is 0 Å². The van der Waals surface area contributed by atoms with Crippen molar-refractivity contribution in [3.05, 3.63) is 29.3 Å². The summed E-state index contributed by atoms with van der Waals surface area (Å²) in [7, 11) is 0. The van der Waals surface area contributed by atoms with Gasteiger partial charge in [-0.3, -0.25) is 4.79 Å². The number of ether oxygens (including phenoxy) is 1. The van der Waals surface area contributed by atoms with Crippen LogP contribution in [0.3, 0.4) is 0 Å². The first-order chi connectivity index (χ1) is 9.20. The molecule has 1 fully saturated rings. The summed E-state index contributed by atoms with van der Waals surface area (Å²) in [6.45, 7) is 4.57. The maximum atomic E-state index is 12.0. The summed E-state index contributed by atoms with van der Waals surface area (Å²) in [4.78, 5) is 12.0. The fraction of sp³-hybridized carbons (Fsp3) is 0.500. The number of hydrogen-bond donors (Lipinski definition) is 2. The normalized spacial score (nSPS) is 16.5. The molecule has 0 radical (unpaired) electrons. The number of para-hydroxylation sites is 1. The van der Waals surface area contributed by atoms with Gasteiger partial charge in [0.05, 0.1) is 5.02 Å². The Kier molecular flexibility index (Phi) is 5.05. The van der Waals surface area contributed by atoms with Gasteiger partial charge in [-0.1, -0.05) is 30.7 Å². The highest BCUT2D eigenvalue weighted by Crippen LogP contribution is 2.24. The molecule has 2 N–H and O–H groups in total. The minimum absolute atomic E-state index is 0.0747. The molecule has 1 atom stereocenters. The molecule has 19 heavy (non-hydrogen) atoms. The molecule has 1 unspecified atom stereocenters. The second kappa shape index (κ2) is 6.78. The van der Waals surface area contributed by atoms with E-state index in [0.717, 1.165) is 13.1 Å². The minimum Gasteiger partial charge on any atom is -0.479 e. The predicted octanol–water partition coefficient (Wildman–Crippen LogP) is 1.83. The Morgan fingerprint density at radius 2 is 2.26 bits per heavy atom. The van der Waals surface area contributed by atoms with E-state index in [9.17, 15) is 4.79 Å². The Labute approximate surface area is 118 Å². The van der Waals surface area contributed by atoms with Crippen molar-refractivity contribution < 1.29 is 9.53 Å². The molecule has 0 aliphatic carbocycles. The van der Waals surface area contributed by atoms with Gasteiger partial charge >= 0.3 is 0 Å². The monoisotopic (exact) mass is 282 g/mol. The summed E-state index contributed by atoms with van der Waals surface area (Å²) in [6, 6.07) is 7.20. The molecule has 1 aliphatic heterocycles. The van der Waals surface area contributed by atoms with Crippen LogP contribution in [0.25, 0.3) is 0 Å². The zero-order chi connectivity index (χ0) is 13.7. The third-order valence-electron chi connectivity index (χ3n) is 3.20. The van der Waals surface area contributed by atoms with Gasteiger partial charge in [0.25, 0.3) is 5.91 Å². The zero-order valence-electron chi connectivity index (χ0n) is 11.0. The van der Waals surface area contributed by atoms with E-state index in [4.69, 9.17) is 16.3 Å². The van der Waals surface area contributed by atoms with E-state index in [2.05, 4.69) is 10.6 Å². The smallest absolute Gasteiger partial charge is 0.261 e. The summed E-state index contributed by atoms with van der Waals surface area (Å²) in [5.41, 5.74) is 0. The molecular formula is C14H19ClN2O2. The molecule has 5 heteroatoms. The number of hydrogen-bond acceptors (Lipinski definition) is 3. The number of halogens is 1. The van der Waals surface area contributed by atoms with Crippen LogP contribution in [-0.2, 0) is 4.79 Å². The van der Waals surface area contributed by atoms with Crippen molar-refractivity contribution in [2.45, 2.75) is 19.4 Å². The van der Waals surface area contributed by atoms with Crippen molar-refractivity contribution in [1.29, 1.82) is 0 Å². The van der Waals surface area contributed by atoms with Gasteiger partial charge in [0.2, 0.25) is 0 Å². The van der Waals surface area contributed by atoms with E-state index in [1.165, 1.54) is 0 Å². The summed E-state index contributed by atoms with van der Waals surface area (Å²) in [5, 5.41) is 6.63. The van der Waals surface area contributed by atoms with Crippen molar-refractivity contribution >= 4 is 17.5 Å². The molecule has 2 rings (SSSR count). The lowest BCUT2D eigenvalue weighted by Crippen LogP contribution is -2.50. The van der Waals surface area contributed by atoms with Gasteiger partial charge in [0.15, 0.2) is 6.10 Å². The molecular weight excluding hydrogens is 264 g/mol. The fourth-order valence-electron chi connectivity index (χ4n) is 1.87. The lowest BCUT2D eigenvalue weighted by atomic mass is 10.0. The highest BCUT2D eigenvalue weighted by molar-refractivity contribution is 6.32. The van der Waals surface area contributed by atoms with Crippen LogP contribution in [0.15, 0.2) is 24.3 Å². The molecule has 1 heterocycles.